The Morgan fingerprint density at radius 3 is 2.21 bits per heavy atom. The van der Waals surface area contributed by atoms with Crippen molar-refractivity contribution in [3.63, 3.8) is 0 Å². The van der Waals surface area contributed by atoms with E-state index in [0.717, 1.165) is 0 Å². The van der Waals surface area contributed by atoms with E-state index in [9.17, 15) is 14.4 Å². The van der Waals surface area contributed by atoms with E-state index in [0.29, 0.717) is 5.02 Å². The average Bonchev–Trinajstić information content (AvgIpc) is 2.34. The molecule has 19 heavy (non-hydrogen) atoms. The predicted molar refractivity (Wildman–Crippen MR) is 67.2 cm³/mol. The quantitative estimate of drug-likeness (QED) is 0.733. The number of nitrogens with one attached hydrogen (secondary N) is 1. The lowest BCUT2D eigenvalue weighted by molar-refractivity contribution is -0.140. The van der Waals surface area contributed by atoms with Gasteiger partial charge in [0.05, 0.1) is 0 Å². The summed E-state index contributed by atoms with van der Waals surface area (Å²) >= 11 is 5.67. The van der Waals surface area contributed by atoms with Gasteiger partial charge in [-0.05, 0) is 30.7 Å². The van der Waals surface area contributed by atoms with Crippen molar-refractivity contribution < 1.29 is 24.6 Å². The number of hydrogen-bond acceptors (Lipinski definition) is 3. The second-order valence-corrected chi connectivity index (χ2v) is 4.24. The third kappa shape index (κ3) is 4.97. The molecule has 3 N–H and O–H groups in total. The van der Waals surface area contributed by atoms with Gasteiger partial charge in [0, 0.05) is 17.0 Å². The van der Waals surface area contributed by atoms with Gasteiger partial charge in [-0.3, -0.25) is 9.59 Å². The van der Waals surface area contributed by atoms with Gasteiger partial charge >= 0.3 is 11.9 Å². The van der Waals surface area contributed by atoms with Crippen molar-refractivity contribution in [3.8, 4) is 0 Å². The van der Waals surface area contributed by atoms with Crippen LogP contribution in [0.2, 0.25) is 5.02 Å². The first kappa shape index (κ1) is 15.0. The molecule has 0 aliphatic rings. The second-order valence-electron chi connectivity index (χ2n) is 3.80. The molecule has 0 spiro atoms. The number of carboxylic acids is 2. The minimum Gasteiger partial charge on any atom is -0.481 e. The summed E-state index contributed by atoms with van der Waals surface area (Å²) in [5.41, 5.74) is 0.256. The van der Waals surface area contributed by atoms with Crippen molar-refractivity contribution in [1.82, 2.24) is 5.32 Å². The molecule has 6 nitrogen and oxygen atoms in total. The van der Waals surface area contributed by atoms with Gasteiger partial charge in [-0.2, -0.15) is 0 Å². The first-order chi connectivity index (χ1) is 8.90. The van der Waals surface area contributed by atoms with E-state index in [2.05, 4.69) is 5.32 Å². The van der Waals surface area contributed by atoms with Crippen LogP contribution in [0.1, 0.15) is 23.2 Å². The van der Waals surface area contributed by atoms with Crippen LogP contribution in [-0.2, 0) is 9.59 Å². The predicted octanol–water partition coefficient (Wildman–Crippen LogP) is 1.39. The van der Waals surface area contributed by atoms with Crippen LogP contribution in [0.5, 0.6) is 0 Å². The zero-order valence-electron chi connectivity index (χ0n) is 9.80. The number of carbonyl (C=O) groups is 3. The third-order valence-corrected chi connectivity index (χ3v) is 2.61. The SMILES string of the molecule is O=C(O)CCC(NC(=O)c1ccc(Cl)cc1)C(=O)O. The van der Waals surface area contributed by atoms with E-state index in [4.69, 9.17) is 21.8 Å². The van der Waals surface area contributed by atoms with Crippen LogP contribution in [0.3, 0.4) is 0 Å². The Hall–Kier alpha value is -2.08. The summed E-state index contributed by atoms with van der Waals surface area (Å²) in [5.74, 6) is -2.98. The largest absolute Gasteiger partial charge is 0.481 e. The van der Waals surface area contributed by atoms with Crippen LogP contribution in [0, 0.1) is 0 Å². The standard InChI is InChI=1S/C12H12ClNO5/c13-8-3-1-7(2-4-8)11(17)14-9(12(18)19)5-6-10(15)16/h1-4,9H,5-6H2,(H,14,17)(H,15,16)(H,18,19). The summed E-state index contributed by atoms with van der Waals surface area (Å²) in [6.45, 7) is 0. The Morgan fingerprint density at radius 2 is 1.74 bits per heavy atom. The van der Waals surface area contributed by atoms with Crippen LogP contribution in [0.25, 0.3) is 0 Å². The number of halogens is 1. The monoisotopic (exact) mass is 285 g/mol. The van der Waals surface area contributed by atoms with Crippen LogP contribution < -0.4 is 5.32 Å². The van der Waals surface area contributed by atoms with Crippen LogP contribution in [0.4, 0.5) is 0 Å². The van der Waals surface area contributed by atoms with Gasteiger partial charge in [-0.1, -0.05) is 11.6 Å². The molecule has 0 aromatic heterocycles. The van der Waals surface area contributed by atoms with Crippen molar-refractivity contribution in [3.05, 3.63) is 34.9 Å². The molecule has 0 saturated heterocycles. The topological polar surface area (TPSA) is 104 Å². The van der Waals surface area contributed by atoms with Gasteiger partial charge in [0.15, 0.2) is 0 Å². The summed E-state index contributed by atoms with van der Waals surface area (Å²) in [6.07, 6.45) is -0.512. The molecule has 1 aromatic carbocycles. The molecule has 7 heteroatoms. The maximum absolute atomic E-state index is 11.8. The van der Waals surface area contributed by atoms with Crippen molar-refractivity contribution in [2.45, 2.75) is 18.9 Å². The van der Waals surface area contributed by atoms with Gasteiger partial charge in [-0.25, -0.2) is 4.79 Å². The van der Waals surface area contributed by atoms with Gasteiger partial charge in [0.2, 0.25) is 0 Å². The van der Waals surface area contributed by atoms with Gasteiger partial charge < -0.3 is 15.5 Å². The maximum Gasteiger partial charge on any atom is 0.326 e. The van der Waals surface area contributed by atoms with Crippen LogP contribution in [0.15, 0.2) is 24.3 Å². The molecule has 1 amide bonds. The molecule has 1 aromatic rings. The smallest absolute Gasteiger partial charge is 0.326 e. The number of amides is 1. The molecular weight excluding hydrogens is 274 g/mol. The molecule has 0 aliphatic heterocycles. The fourth-order valence-corrected chi connectivity index (χ4v) is 1.49. The van der Waals surface area contributed by atoms with Gasteiger partial charge in [0.1, 0.15) is 6.04 Å². The number of rotatable bonds is 6. The molecule has 102 valence electrons. The van der Waals surface area contributed by atoms with Crippen molar-refractivity contribution >= 4 is 29.4 Å². The van der Waals surface area contributed by atoms with Gasteiger partial charge in [0.25, 0.3) is 5.91 Å². The van der Waals surface area contributed by atoms with E-state index in [1.165, 1.54) is 24.3 Å². The zero-order valence-corrected chi connectivity index (χ0v) is 10.6. The molecule has 1 rings (SSSR count). The molecule has 0 heterocycles. The Morgan fingerprint density at radius 1 is 1.16 bits per heavy atom. The average molecular weight is 286 g/mol. The van der Waals surface area contributed by atoms with E-state index >= 15 is 0 Å². The van der Waals surface area contributed by atoms with Crippen LogP contribution >= 0.6 is 11.6 Å². The summed E-state index contributed by atoms with van der Waals surface area (Å²) in [4.78, 5) is 33.1. The highest BCUT2D eigenvalue weighted by Gasteiger charge is 2.21. The first-order valence-corrected chi connectivity index (χ1v) is 5.79. The zero-order chi connectivity index (χ0) is 14.4. The normalized spacial score (nSPS) is 11.6. The van der Waals surface area contributed by atoms with E-state index in [1.54, 1.807) is 0 Å². The second kappa shape index (κ2) is 6.75. The number of carbonyl (C=O) groups excluding carboxylic acids is 1. The number of hydrogen-bond donors (Lipinski definition) is 3. The minimum absolute atomic E-state index is 0.177. The Labute approximate surface area is 114 Å². The van der Waals surface area contributed by atoms with Crippen molar-refractivity contribution in [1.29, 1.82) is 0 Å². The van der Waals surface area contributed by atoms with Crippen molar-refractivity contribution in [2.24, 2.45) is 0 Å². The number of benzene rings is 1. The van der Waals surface area contributed by atoms with Crippen LogP contribution in [-0.4, -0.2) is 34.1 Å². The number of aliphatic carboxylic acids is 2. The highest BCUT2D eigenvalue weighted by molar-refractivity contribution is 6.30. The Kier molecular flexibility index (Phi) is 5.32. The highest BCUT2D eigenvalue weighted by Crippen LogP contribution is 2.10. The molecule has 0 bridgehead atoms. The molecule has 0 fully saturated rings. The van der Waals surface area contributed by atoms with Gasteiger partial charge in [-0.15, -0.1) is 0 Å². The number of carboxylic acid groups (broad SMARTS) is 2. The molecule has 0 saturated carbocycles. The Balaban J connectivity index is 2.68. The maximum atomic E-state index is 11.8. The van der Waals surface area contributed by atoms with Crippen molar-refractivity contribution in [2.75, 3.05) is 0 Å². The fraction of sp³-hybridized carbons (Fsp3) is 0.250. The van der Waals surface area contributed by atoms with E-state index < -0.39 is 23.9 Å². The summed E-state index contributed by atoms with van der Waals surface area (Å²) < 4.78 is 0. The molecular formula is C12H12ClNO5. The van der Waals surface area contributed by atoms with E-state index in [-0.39, 0.29) is 18.4 Å². The first-order valence-electron chi connectivity index (χ1n) is 5.41. The summed E-state index contributed by atoms with van der Waals surface area (Å²) in [6, 6.07) is 4.67. The summed E-state index contributed by atoms with van der Waals surface area (Å²) in [7, 11) is 0. The molecule has 0 aliphatic carbocycles. The molecule has 1 atom stereocenters. The fourth-order valence-electron chi connectivity index (χ4n) is 1.37. The third-order valence-electron chi connectivity index (χ3n) is 2.36. The lowest BCUT2D eigenvalue weighted by atomic mass is 10.1. The van der Waals surface area contributed by atoms with E-state index in [1.807, 2.05) is 0 Å². The Bertz CT molecular complexity index is 485. The lowest BCUT2D eigenvalue weighted by Gasteiger charge is -2.13. The molecule has 0 radical (unpaired) electrons. The highest BCUT2D eigenvalue weighted by atomic mass is 35.5. The lowest BCUT2D eigenvalue weighted by Crippen LogP contribution is -2.41. The molecule has 1 unspecified atom stereocenters. The minimum atomic E-state index is -1.27. The summed E-state index contributed by atoms with van der Waals surface area (Å²) in [5, 5.41) is 20.1.